The number of hydrogen-bond donors (Lipinski definition) is 0. The van der Waals surface area contributed by atoms with E-state index in [1.54, 1.807) is 19.1 Å². The third-order valence-corrected chi connectivity index (χ3v) is 6.50. The predicted octanol–water partition coefficient (Wildman–Crippen LogP) is 4.28. The number of rotatable bonds is 8. The molecule has 0 atom stereocenters. The van der Waals surface area contributed by atoms with Crippen molar-refractivity contribution in [1.29, 1.82) is 0 Å². The summed E-state index contributed by atoms with van der Waals surface area (Å²) in [7, 11) is 0. The Kier molecular flexibility index (Phi) is 8.30. The van der Waals surface area contributed by atoms with Crippen LogP contribution in [0, 0.1) is 0 Å². The number of hydrogen-bond acceptors (Lipinski definition) is 3. The van der Waals surface area contributed by atoms with Crippen LogP contribution in [0.4, 0.5) is 0 Å². The van der Waals surface area contributed by atoms with Crippen molar-refractivity contribution >= 4 is 47.1 Å². The van der Waals surface area contributed by atoms with Gasteiger partial charge in [-0.2, -0.15) is 0 Å². The zero-order valence-corrected chi connectivity index (χ0v) is 18.1. The van der Waals surface area contributed by atoms with Crippen LogP contribution in [0.5, 0.6) is 0 Å². The van der Waals surface area contributed by atoms with Crippen molar-refractivity contribution in [3.8, 4) is 0 Å². The number of Topliss-reactive ketones (excluding diaryl/α,β-unsaturated/α-hetero) is 1. The monoisotopic (exact) mass is 480 g/mol. The predicted molar refractivity (Wildman–Crippen MR) is 109 cm³/mol. The number of halogens is 1. The maximum atomic E-state index is 13.2. The van der Waals surface area contributed by atoms with Crippen molar-refractivity contribution in [1.82, 2.24) is 0 Å². The van der Waals surface area contributed by atoms with Crippen LogP contribution in [0.3, 0.4) is 0 Å². The summed E-state index contributed by atoms with van der Waals surface area (Å²) in [5.41, 5.74) is 1.09. The maximum absolute atomic E-state index is 13.2. The van der Waals surface area contributed by atoms with Gasteiger partial charge in [-0.05, 0) is 0 Å². The van der Waals surface area contributed by atoms with Crippen LogP contribution in [-0.2, 0) is 9.53 Å². The van der Waals surface area contributed by atoms with Crippen LogP contribution in [0.15, 0.2) is 69.1 Å². The van der Waals surface area contributed by atoms with E-state index in [2.05, 4.69) is 15.9 Å². The molecule has 0 saturated carbocycles. The van der Waals surface area contributed by atoms with E-state index < -0.39 is 0 Å². The van der Waals surface area contributed by atoms with Crippen LogP contribution in [0.2, 0.25) is 0 Å². The molecule has 0 aliphatic heterocycles. The number of allylic oxidation sites excluding steroid dienone is 1. The van der Waals surface area contributed by atoms with Gasteiger partial charge in [0.1, 0.15) is 0 Å². The van der Waals surface area contributed by atoms with Gasteiger partial charge in [0.2, 0.25) is 0 Å². The fourth-order valence-electron chi connectivity index (χ4n) is 2.36. The molecule has 0 amide bonds. The number of esters is 1. The minimum atomic E-state index is -0.382. The molecule has 0 fully saturated rings. The molecule has 0 N–H and O–H groups in total. The summed E-state index contributed by atoms with van der Waals surface area (Å²) in [5.74, 6) is -0.481. The first-order chi connectivity index (χ1) is 12.6. The van der Waals surface area contributed by atoms with Crippen LogP contribution in [0.25, 0.3) is 0 Å². The summed E-state index contributed by atoms with van der Waals surface area (Å²) in [4.78, 5) is 25.7. The zero-order chi connectivity index (χ0) is 18.9. The summed E-state index contributed by atoms with van der Waals surface area (Å²) in [6.45, 7) is 4.07. The number of ether oxygens (including phenoxy) is 1. The third kappa shape index (κ3) is 5.66. The van der Waals surface area contributed by atoms with Gasteiger partial charge in [0.25, 0.3) is 0 Å². The Bertz CT molecular complexity index is 783. The molecule has 0 radical (unpaired) electrons. The van der Waals surface area contributed by atoms with Crippen molar-refractivity contribution in [3.05, 3.63) is 74.7 Å². The minimum absolute atomic E-state index is 0.0992. The van der Waals surface area contributed by atoms with E-state index >= 15 is 0 Å². The van der Waals surface area contributed by atoms with E-state index in [4.69, 9.17) is 4.74 Å². The molecule has 3 nitrogen and oxygen atoms in total. The van der Waals surface area contributed by atoms with Crippen LogP contribution >= 0.6 is 15.9 Å². The van der Waals surface area contributed by atoms with E-state index in [1.165, 1.54) is 0 Å². The average molecular weight is 480 g/mol. The summed E-state index contributed by atoms with van der Waals surface area (Å²) in [6.07, 6.45) is 1.31. The Hall–Kier alpha value is -1.68. The SMILES string of the molecule is CCC/C(C(=O)OCC)=C(\[Se]c1ccccc1)C(=O)c1ccc(Br)cc1. The zero-order valence-electron chi connectivity index (χ0n) is 14.8. The second-order valence-corrected chi connectivity index (χ2v) is 8.72. The molecule has 2 aromatic rings. The molecule has 26 heavy (non-hydrogen) atoms. The van der Waals surface area contributed by atoms with E-state index in [9.17, 15) is 9.59 Å². The van der Waals surface area contributed by atoms with Gasteiger partial charge in [0.15, 0.2) is 0 Å². The van der Waals surface area contributed by atoms with E-state index in [-0.39, 0.29) is 26.7 Å². The first kappa shape index (κ1) is 20.6. The molecule has 0 aliphatic carbocycles. The molecule has 0 saturated heterocycles. The molecule has 0 heterocycles. The van der Waals surface area contributed by atoms with Crippen molar-refractivity contribution < 1.29 is 14.3 Å². The van der Waals surface area contributed by atoms with E-state index in [0.717, 1.165) is 15.4 Å². The topological polar surface area (TPSA) is 43.4 Å². The van der Waals surface area contributed by atoms with Crippen LogP contribution in [0.1, 0.15) is 37.0 Å². The molecule has 0 aliphatic rings. The third-order valence-electron chi connectivity index (χ3n) is 3.57. The van der Waals surface area contributed by atoms with Crippen molar-refractivity contribution in [3.63, 3.8) is 0 Å². The molecule has 2 rings (SSSR count). The number of carbonyl (C=O) groups excluding carboxylic acids is 2. The van der Waals surface area contributed by atoms with Gasteiger partial charge in [-0.1, -0.05) is 0 Å². The Morgan fingerprint density at radius 1 is 1.00 bits per heavy atom. The van der Waals surface area contributed by atoms with E-state index in [0.29, 0.717) is 28.6 Å². The molecule has 0 unspecified atom stereocenters. The molecule has 5 heteroatoms. The normalized spacial score (nSPS) is 11.7. The second kappa shape index (κ2) is 10.5. The molecular weight excluding hydrogens is 459 g/mol. The van der Waals surface area contributed by atoms with Crippen LogP contribution < -0.4 is 4.46 Å². The summed E-state index contributed by atoms with van der Waals surface area (Å²) in [5, 5.41) is 0. The van der Waals surface area contributed by atoms with Crippen molar-refractivity contribution in [2.75, 3.05) is 6.61 Å². The molecule has 2 aromatic carbocycles. The van der Waals surface area contributed by atoms with Gasteiger partial charge in [-0.3, -0.25) is 0 Å². The number of benzene rings is 2. The molecule has 0 aromatic heterocycles. The van der Waals surface area contributed by atoms with Gasteiger partial charge in [0, 0.05) is 0 Å². The van der Waals surface area contributed by atoms with Crippen molar-refractivity contribution in [2.24, 2.45) is 0 Å². The second-order valence-electron chi connectivity index (χ2n) is 5.53. The van der Waals surface area contributed by atoms with Gasteiger partial charge in [0.05, 0.1) is 0 Å². The Labute approximate surface area is 169 Å². The quantitative estimate of drug-likeness (QED) is 0.245. The van der Waals surface area contributed by atoms with Crippen LogP contribution in [-0.4, -0.2) is 33.3 Å². The van der Waals surface area contributed by atoms with Gasteiger partial charge < -0.3 is 0 Å². The summed E-state index contributed by atoms with van der Waals surface area (Å²) >= 11 is 3.11. The first-order valence-electron chi connectivity index (χ1n) is 8.50. The fourth-order valence-corrected chi connectivity index (χ4v) is 4.82. The fraction of sp³-hybridized carbons (Fsp3) is 0.238. The Morgan fingerprint density at radius 3 is 2.23 bits per heavy atom. The van der Waals surface area contributed by atoms with Gasteiger partial charge in [-0.25, -0.2) is 0 Å². The molecular formula is C21H21BrO3Se. The van der Waals surface area contributed by atoms with Gasteiger partial charge >= 0.3 is 169 Å². The van der Waals surface area contributed by atoms with Crippen molar-refractivity contribution in [2.45, 2.75) is 26.7 Å². The first-order valence-corrected chi connectivity index (χ1v) is 11.0. The standard InChI is InChI=1S/C21H21BrO3Se/c1-3-8-18(21(24)25-4-2)20(26-17-9-6-5-7-10-17)19(23)15-11-13-16(22)14-12-15/h5-7,9-14H,3-4,8H2,1-2H3/b20-18+. The average Bonchev–Trinajstić information content (AvgIpc) is 2.65. The van der Waals surface area contributed by atoms with Gasteiger partial charge in [-0.15, -0.1) is 0 Å². The molecule has 136 valence electrons. The number of carbonyl (C=O) groups is 2. The number of ketones is 1. The summed E-state index contributed by atoms with van der Waals surface area (Å²) < 4.78 is 7.77. The summed E-state index contributed by atoms with van der Waals surface area (Å²) in [6, 6.07) is 17.1. The molecule has 0 bridgehead atoms. The van der Waals surface area contributed by atoms with E-state index in [1.807, 2.05) is 49.4 Å². The molecule has 0 spiro atoms. The Balaban J connectivity index is 2.51. The Morgan fingerprint density at radius 2 is 1.65 bits per heavy atom.